The van der Waals surface area contributed by atoms with E-state index in [0.717, 1.165) is 30.9 Å². The molecule has 0 aromatic carbocycles. The zero-order valence-corrected chi connectivity index (χ0v) is 12.0. The molecule has 1 atom stereocenters. The first-order valence-corrected chi connectivity index (χ1v) is 7.29. The first kappa shape index (κ1) is 14.3. The summed E-state index contributed by atoms with van der Waals surface area (Å²) in [4.78, 5) is 7.01. The van der Waals surface area contributed by atoms with Crippen molar-refractivity contribution in [1.82, 2.24) is 10.2 Å². The van der Waals surface area contributed by atoms with Crippen LogP contribution in [0, 0.1) is 11.8 Å². The van der Waals surface area contributed by atoms with Crippen molar-refractivity contribution in [3.63, 3.8) is 0 Å². The summed E-state index contributed by atoms with van der Waals surface area (Å²) in [6, 6.07) is 0. The summed E-state index contributed by atoms with van der Waals surface area (Å²) < 4.78 is 0. The smallest absolute Gasteiger partial charge is 0.193 e. The molecule has 100 valence electrons. The molecule has 0 spiro atoms. The Kier molecular flexibility index (Phi) is 6.38. The van der Waals surface area contributed by atoms with Gasteiger partial charge in [-0.1, -0.05) is 26.7 Å². The molecule has 0 radical (unpaired) electrons. The molecule has 1 unspecified atom stereocenters. The van der Waals surface area contributed by atoms with Crippen LogP contribution >= 0.6 is 0 Å². The average Bonchev–Trinajstić information content (AvgIpc) is 2.80. The monoisotopic (exact) mass is 239 g/mol. The van der Waals surface area contributed by atoms with Gasteiger partial charge in [0.15, 0.2) is 5.96 Å². The average molecular weight is 239 g/mol. The van der Waals surface area contributed by atoms with Gasteiger partial charge in [-0.05, 0) is 32.1 Å². The largest absolute Gasteiger partial charge is 0.357 e. The topological polar surface area (TPSA) is 27.6 Å². The highest BCUT2D eigenvalue weighted by Gasteiger charge is 2.28. The standard InChI is InChI=1S/C14H29N3/c1-5-12(6-2)13-9-10-17(11-13)14(15-7-3)16-8-4/h12-13H,5-11H2,1-4H3,(H,15,16). The molecular weight excluding hydrogens is 210 g/mol. The van der Waals surface area contributed by atoms with Crippen molar-refractivity contribution in [2.24, 2.45) is 16.8 Å². The fourth-order valence-corrected chi connectivity index (χ4v) is 2.90. The van der Waals surface area contributed by atoms with Gasteiger partial charge in [0.25, 0.3) is 0 Å². The maximum absolute atomic E-state index is 4.57. The van der Waals surface area contributed by atoms with Crippen molar-refractivity contribution in [2.45, 2.75) is 47.0 Å². The predicted octanol–water partition coefficient (Wildman–Crippen LogP) is 2.73. The molecule has 1 N–H and O–H groups in total. The van der Waals surface area contributed by atoms with Crippen molar-refractivity contribution in [3.8, 4) is 0 Å². The highest BCUT2D eigenvalue weighted by atomic mass is 15.3. The van der Waals surface area contributed by atoms with Gasteiger partial charge < -0.3 is 10.2 Å². The number of rotatable bonds is 5. The number of aliphatic imine (C=N–C) groups is 1. The van der Waals surface area contributed by atoms with Gasteiger partial charge >= 0.3 is 0 Å². The summed E-state index contributed by atoms with van der Waals surface area (Å²) in [7, 11) is 0. The number of likely N-dealkylation sites (tertiary alicyclic amines) is 1. The zero-order chi connectivity index (χ0) is 12.7. The van der Waals surface area contributed by atoms with Crippen LogP contribution in [0.4, 0.5) is 0 Å². The molecule has 1 fully saturated rings. The molecule has 0 aromatic heterocycles. The molecule has 1 rings (SSSR count). The van der Waals surface area contributed by atoms with Crippen molar-refractivity contribution in [2.75, 3.05) is 26.2 Å². The summed E-state index contributed by atoms with van der Waals surface area (Å²) in [6.45, 7) is 13.1. The molecule has 1 aliphatic heterocycles. The minimum atomic E-state index is 0.866. The van der Waals surface area contributed by atoms with Crippen molar-refractivity contribution >= 4 is 5.96 Å². The highest BCUT2D eigenvalue weighted by Crippen LogP contribution is 2.28. The van der Waals surface area contributed by atoms with Crippen LogP contribution in [0.5, 0.6) is 0 Å². The molecule has 0 aromatic rings. The van der Waals surface area contributed by atoms with Crippen LogP contribution in [0.2, 0.25) is 0 Å². The Labute approximate surface area is 107 Å². The van der Waals surface area contributed by atoms with Crippen LogP contribution in [0.3, 0.4) is 0 Å². The van der Waals surface area contributed by atoms with E-state index in [1.807, 2.05) is 0 Å². The Morgan fingerprint density at radius 2 is 2.00 bits per heavy atom. The van der Waals surface area contributed by atoms with E-state index < -0.39 is 0 Å². The lowest BCUT2D eigenvalue weighted by Crippen LogP contribution is -2.40. The number of hydrogen-bond acceptors (Lipinski definition) is 1. The summed E-state index contributed by atoms with van der Waals surface area (Å²) in [5.41, 5.74) is 0. The van der Waals surface area contributed by atoms with E-state index in [-0.39, 0.29) is 0 Å². The molecule has 0 amide bonds. The lowest BCUT2D eigenvalue weighted by Gasteiger charge is -2.24. The molecule has 3 nitrogen and oxygen atoms in total. The van der Waals surface area contributed by atoms with Crippen LogP contribution in [-0.2, 0) is 0 Å². The fraction of sp³-hybridized carbons (Fsp3) is 0.929. The molecule has 3 heteroatoms. The fourth-order valence-electron chi connectivity index (χ4n) is 2.90. The minimum absolute atomic E-state index is 0.866. The lowest BCUT2D eigenvalue weighted by molar-refractivity contribution is 0.319. The second-order valence-corrected chi connectivity index (χ2v) is 4.90. The maximum atomic E-state index is 4.57. The SMILES string of the molecule is CCN=C(NCC)N1CCC(C(CC)CC)C1. The Hall–Kier alpha value is -0.730. The van der Waals surface area contributed by atoms with Crippen LogP contribution in [0.25, 0.3) is 0 Å². The predicted molar refractivity (Wildman–Crippen MR) is 75.4 cm³/mol. The van der Waals surface area contributed by atoms with E-state index in [2.05, 4.69) is 42.9 Å². The van der Waals surface area contributed by atoms with Crippen molar-refractivity contribution in [3.05, 3.63) is 0 Å². The van der Waals surface area contributed by atoms with E-state index in [1.54, 1.807) is 0 Å². The summed E-state index contributed by atoms with van der Waals surface area (Å²) in [5, 5.41) is 3.40. The van der Waals surface area contributed by atoms with E-state index in [1.165, 1.54) is 32.4 Å². The molecular formula is C14H29N3. The third-order valence-corrected chi connectivity index (χ3v) is 3.88. The van der Waals surface area contributed by atoms with Crippen LogP contribution in [-0.4, -0.2) is 37.0 Å². The van der Waals surface area contributed by atoms with E-state index in [4.69, 9.17) is 0 Å². The van der Waals surface area contributed by atoms with Gasteiger partial charge in [-0.2, -0.15) is 0 Å². The van der Waals surface area contributed by atoms with Crippen molar-refractivity contribution in [1.29, 1.82) is 0 Å². The quantitative estimate of drug-likeness (QED) is 0.590. The van der Waals surface area contributed by atoms with E-state index in [0.29, 0.717) is 0 Å². The number of guanidine groups is 1. The summed E-state index contributed by atoms with van der Waals surface area (Å²) in [5.74, 6) is 2.87. The molecule has 0 saturated carbocycles. The van der Waals surface area contributed by atoms with Gasteiger partial charge in [0, 0.05) is 26.2 Å². The normalized spacial score (nSPS) is 21.4. The third kappa shape index (κ3) is 3.90. The summed E-state index contributed by atoms with van der Waals surface area (Å²) >= 11 is 0. The Balaban J connectivity index is 2.55. The first-order valence-electron chi connectivity index (χ1n) is 7.29. The van der Waals surface area contributed by atoms with Gasteiger partial charge in [-0.25, -0.2) is 0 Å². The Bertz CT molecular complexity index is 234. The molecule has 17 heavy (non-hydrogen) atoms. The van der Waals surface area contributed by atoms with Gasteiger partial charge in [0.2, 0.25) is 0 Å². The molecule has 0 aliphatic carbocycles. The van der Waals surface area contributed by atoms with Gasteiger partial charge in [-0.15, -0.1) is 0 Å². The lowest BCUT2D eigenvalue weighted by atomic mass is 9.87. The first-order chi connectivity index (χ1) is 8.26. The van der Waals surface area contributed by atoms with E-state index in [9.17, 15) is 0 Å². The number of nitrogens with zero attached hydrogens (tertiary/aromatic N) is 2. The molecule has 1 heterocycles. The van der Waals surface area contributed by atoms with Gasteiger partial charge in [0.1, 0.15) is 0 Å². The molecule has 1 saturated heterocycles. The van der Waals surface area contributed by atoms with Crippen LogP contribution in [0.15, 0.2) is 4.99 Å². The number of nitrogens with one attached hydrogen (secondary N) is 1. The third-order valence-electron chi connectivity index (χ3n) is 3.88. The summed E-state index contributed by atoms with van der Waals surface area (Å²) in [6.07, 6.45) is 3.97. The Morgan fingerprint density at radius 1 is 1.29 bits per heavy atom. The number of hydrogen-bond donors (Lipinski definition) is 1. The Morgan fingerprint density at radius 3 is 2.53 bits per heavy atom. The molecule has 1 aliphatic rings. The highest BCUT2D eigenvalue weighted by molar-refractivity contribution is 5.80. The second-order valence-electron chi connectivity index (χ2n) is 4.90. The minimum Gasteiger partial charge on any atom is -0.357 e. The van der Waals surface area contributed by atoms with Crippen molar-refractivity contribution < 1.29 is 0 Å². The van der Waals surface area contributed by atoms with Crippen LogP contribution in [0.1, 0.15) is 47.0 Å². The van der Waals surface area contributed by atoms with Gasteiger partial charge in [-0.3, -0.25) is 4.99 Å². The van der Waals surface area contributed by atoms with Gasteiger partial charge in [0.05, 0.1) is 0 Å². The molecule has 0 bridgehead atoms. The second kappa shape index (κ2) is 7.57. The zero-order valence-electron chi connectivity index (χ0n) is 12.0. The maximum Gasteiger partial charge on any atom is 0.193 e. The van der Waals surface area contributed by atoms with Crippen LogP contribution < -0.4 is 5.32 Å². The van der Waals surface area contributed by atoms with E-state index >= 15 is 0 Å².